The summed E-state index contributed by atoms with van der Waals surface area (Å²) in [5.41, 5.74) is 5.74. The van der Waals surface area contributed by atoms with Gasteiger partial charge in [-0.25, -0.2) is 0 Å². The number of rotatable bonds is 3. The summed E-state index contributed by atoms with van der Waals surface area (Å²) in [6.45, 7) is 7.04. The SMILES string of the molecule is C[Si](C)(C)c1cc(-c2ccc(Br)cc2)c(C#N)c2nccc(-c3ccccc3)c12. The highest BCUT2D eigenvalue weighted by Crippen LogP contribution is 2.34. The molecule has 0 N–H and O–H groups in total. The van der Waals surface area contributed by atoms with Gasteiger partial charge in [0, 0.05) is 21.6 Å². The molecule has 2 nitrogen and oxygen atoms in total. The van der Waals surface area contributed by atoms with Gasteiger partial charge in [0.25, 0.3) is 0 Å². The summed E-state index contributed by atoms with van der Waals surface area (Å²) in [6, 6.07) is 25.3. The molecule has 4 heteroatoms. The Labute approximate surface area is 181 Å². The summed E-state index contributed by atoms with van der Waals surface area (Å²) in [7, 11) is -1.73. The molecule has 0 spiro atoms. The summed E-state index contributed by atoms with van der Waals surface area (Å²) in [5, 5.41) is 12.6. The monoisotopic (exact) mass is 456 g/mol. The Balaban J connectivity index is 2.15. The van der Waals surface area contributed by atoms with Crippen LogP contribution in [-0.4, -0.2) is 13.1 Å². The van der Waals surface area contributed by atoms with Crippen molar-refractivity contribution in [3.05, 3.63) is 83.0 Å². The van der Waals surface area contributed by atoms with Gasteiger partial charge in [-0.05, 0) is 40.1 Å². The Bertz CT molecular complexity index is 1230. The highest BCUT2D eigenvalue weighted by molar-refractivity contribution is 9.10. The van der Waals surface area contributed by atoms with Crippen LogP contribution in [0.5, 0.6) is 0 Å². The highest BCUT2D eigenvalue weighted by Gasteiger charge is 2.25. The maximum Gasteiger partial charge on any atom is 0.102 e. The molecule has 0 bridgehead atoms. The Kier molecular flexibility index (Phi) is 5.12. The van der Waals surface area contributed by atoms with Crippen LogP contribution in [0.3, 0.4) is 0 Å². The number of pyridine rings is 1. The first kappa shape index (κ1) is 19.6. The molecule has 4 rings (SSSR count). The third-order valence-electron chi connectivity index (χ3n) is 5.17. The summed E-state index contributed by atoms with van der Waals surface area (Å²) >= 11 is 3.50. The molecule has 0 aliphatic heterocycles. The molecule has 0 fully saturated rings. The fourth-order valence-electron chi connectivity index (χ4n) is 3.76. The maximum absolute atomic E-state index is 10.1. The third kappa shape index (κ3) is 3.64. The molecule has 1 heterocycles. The average Bonchev–Trinajstić information content (AvgIpc) is 2.72. The quantitative estimate of drug-likeness (QED) is 0.319. The molecule has 0 unspecified atom stereocenters. The number of hydrogen-bond acceptors (Lipinski definition) is 2. The van der Waals surface area contributed by atoms with E-state index in [0.717, 1.165) is 37.6 Å². The van der Waals surface area contributed by atoms with E-state index in [1.54, 1.807) is 0 Å². The van der Waals surface area contributed by atoms with Crippen LogP contribution in [0.4, 0.5) is 0 Å². The minimum absolute atomic E-state index is 0.641. The Hall–Kier alpha value is -2.74. The zero-order chi connectivity index (χ0) is 20.6. The van der Waals surface area contributed by atoms with E-state index < -0.39 is 8.07 Å². The lowest BCUT2D eigenvalue weighted by molar-refractivity contribution is 1.39. The number of halogens is 1. The van der Waals surface area contributed by atoms with Gasteiger partial charge in [0.1, 0.15) is 6.07 Å². The van der Waals surface area contributed by atoms with E-state index in [0.29, 0.717) is 5.56 Å². The maximum atomic E-state index is 10.1. The predicted octanol–water partition coefficient (Wildman–Crippen LogP) is 6.75. The van der Waals surface area contributed by atoms with Crippen LogP contribution in [0.25, 0.3) is 33.2 Å². The minimum atomic E-state index is -1.73. The van der Waals surface area contributed by atoms with E-state index in [4.69, 9.17) is 4.98 Å². The number of fused-ring (bicyclic) bond motifs is 1. The van der Waals surface area contributed by atoms with Gasteiger partial charge in [0.2, 0.25) is 0 Å². The van der Waals surface area contributed by atoms with Crippen molar-refractivity contribution in [1.82, 2.24) is 4.98 Å². The van der Waals surface area contributed by atoms with E-state index in [2.05, 4.69) is 90.2 Å². The molecule has 0 radical (unpaired) electrons. The summed E-state index contributed by atoms with van der Waals surface area (Å²) < 4.78 is 1.02. The Morgan fingerprint density at radius 1 is 0.862 bits per heavy atom. The van der Waals surface area contributed by atoms with Crippen molar-refractivity contribution < 1.29 is 0 Å². The second kappa shape index (κ2) is 7.59. The largest absolute Gasteiger partial charge is 0.255 e. The molecule has 3 aromatic carbocycles. The van der Waals surface area contributed by atoms with Crippen LogP contribution in [0.15, 0.2) is 77.4 Å². The lowest BCUT2D eigenvalue weighted by Crippen LogP contribution is -2.38. The first-order chi connectivity index (χ1) is 13.9. The van der Waals surface area contributed by atoms with Crippen molar-refractivity contribution in [3.8, 4) is 28.3 Å². The van der Waals surface area contributed by atoms with Crippen LogP contribution in [0, 0.1) is 11.3 Å². The van der Waals surface area contributed by atoms with Crippen molar-refractivity contribution in [2.45, 2.75) is 19.6 Å². The van der Waals surface area contributed by atoms with E-state index >= 15 is 0 Å². The number of nitrogens with zero attached hydrogens (tertiary/aromatic N) is 2. The number of hydrogen-bond donors (Lipinski definition) is 0. The smallest absolute Gasteiger partial charge is 0.102 e. The normalized spacial score (nSPS) is 11.4. The van der Waals surface area contributed by atoms with E-state index in [9.17, 15) is 5.26 Å². The molecule has 142 valence electrons. The Morgan fingerprint density at radius 3 is 2.14 bits per heavy atom. The predicted molar refractivity (Wildman–Crippen MR) is 128 cm³/mol. The van der Waals surface area contributed by atoms with Gasteiger partial charge in [0.15, 0.2) is 0 Å². The second-order valence-electron chi connectivity index (χ2n) is 8.16. The first-order valence-electron chi connectivity index (χ1n) is 9.58. The molecule has 4 aromatic rings. The van der Waals surface area contributed by atoms with Gasteiger partial charge in [-0.3, -0.25) is 4.98 Å². The van der Waals surface area contributed by atoms with Crippen LogP contribution in [-0.2, 0) is 0 Å². The Morgan fingerprint density at radius 2 is 1.52 bits per heavy atom. The zero-order valence-electron chi connectivity index (χ0n) is 16.7. The number of nitriles is 1. The summed E-state index contributed by atoms with van der Waals surface area (Å²) in [4.78, 5) is 4.71. The van der Waals surface area contributed by atoms with Crippen molar-refractivity contribution >= 4 is 40.1 Å². The fourth-order valence-corrected chi connectivity index (χ4v) is 5.61. The topological polar surface area (TPSA) is 36.7 Å². The van der Waals surface area contributed by atoms with Crippen molar-refractivity contribution in [1.29, 1.82) is 5.26 Å². The molecular weight excluding hydrogens is 436 g/mol. The first-order valence-corrected chi connectivity index (χ1v) is 13.9. The summed E-state index contributed by atoms with van der Waals surface area (Å²) in [6.07, 6.45) is 1.82. The van der Waals surface area contributed by atoms with Gasteiger partial charge < -0.3 is 0 Å². The van der Waals surface area contributed by atoms with Crippen molar-refractivity contribution in [2.24, 2.45) is 0 Å². The second-order valence-corrected chi connectivity index (χ2v) is 14.1. The van der Waals surface area contributed by atoms with E-state index in [-0.39, 0.29) is 0 Å². The molecule has 0 atom stereocenters. The number of aromatic nitrogens is 1. The van der Waals surface area contributed by atoms with Gasteiger partial charge >= 0.3 is 0 Å². The summed E-state index contributed by atoms with van der Waals surface area (Å²) in [5.74, 6) is 0. The van der Waals surface area contributed by atoms with Gasteiger partial charge in [-0.2, -0.15) is 5.26 Å². The lowest BCUT2D eigenvalue weighted by atomic mass is 9.94. The van der Waals surface area contributed by atoms with E-state index in [1.165, 1.54) is 5.19 Å². The molecule has 29 heavy (non-hydrogen) atoms. The fraction of sp³-hybridized carbons (Fsp3) is 0.120. The van der Waals surface area contributed by atoms with Crippen LogP contribution < -0.4 is 5.19 Å². The molecule has 0 amide bonds. The van der Waals surface area contributed by atoms with Gasteiger partial charge in [-0.1, -0.05) is 84.1 Å². The van der Waals surface area contributed by atoms with Crippen molar-refractivity contribution in [2.75, 3.05) is 0 Å². The molecule has 0 aliphatic rings. The zero-order valence-corrected chi connectivity index (χ0v) is 19.3. The third-order valence-corrected chi connectivity index (χ3v) is 7.71. The van der Waals surface area contributed by atoms with Crippen LogP contribution >= 0.6 is 15.9 Å². The molecular formula is C25H21BrN2Si. The van der Waals surface area contributed by atoms with Crippen LogP contribution in [0.2, 0.25) is 19.6 Å². The lowest BCUT2D eigenvalue weighted by Gasteiger charge is -2.23. The molecule has 1 aromatic heterocycles. The molecule has 0 saturated heterocycles. The standard InChI is InChI=1S/C25H21BrN2Si/c1-29(2,3)23-15-21(18-9-11-19(26)12-10-18)22(16-27)25-24(23)20(13-14-28-25)17-7-5-4-6-8-17/h4-15H,1-3H3. The van der Waals surface area contributed by atoms with E-state index in [1.807, 2.05) is 24.4 Å². The van der Waals surface area contributed by atoms with Gasteiger partial charge in [0.05, 0.1) is 19.2 Å². The van der Waals surface area contributed by atoms with Crippen molar-refractivity contribution in [3.63, 3.8) is 0 Å². The number of benzene rings is 3. The average molecular weight is 457 g/mol. The molecule has 0 aliphatic carbocycles. The minimum Gasteiger partial charge on any atom is -0.255 e. The van der Waals surface area contributed by atoms with Gasteiger partial charge in [-0.15, -0.1) is 0 Å². The molecule has 0 saturated carbocycles. The van der Waals surface area contributed by atoms with Crippen LogP contribution in [0.1, 0.15) is 5.56 Å². The highest BCUT2D eigenvalue weighted by atomic mass is 79.9.